The molecule has 0 radical (unpaired) electrons. The number of hydrogen-bond acceptors (Lipinski definition) is 2. The molecule has 2 saturated heterocycles. The first-order valence-corrected chi connectivity index (χ1v) is 7.93. The average molecular weight is 327 g/mol. The molecule has 2 heterocycles. The highest BCUT2D eigenvalue weighted by Gasteiger charge is 2.31. The van der Waals surface area contributed by atoms with Crippen molar-refractivity contribution in [3.63, 3.8) is 0 Å². The van der Waals surface area contributed by atoms with Crippen molar-refractivity contribution < 1.29 is 4.39 Å². The van der Waals surface area contributed by atoms with Gasteiger partial charge in [0.1, 0.15) is 5.82 Å². The SMILES string of the molecule is Fc1ccc(Br)c(CNC2CCN3CCCC3C2)c1. The third-order valence-electron chi connectivity index (χ3n) is 4.41. The van der Waals surface area contributed by atoms with E-state index >= 15 is 0 Å². The first-order valence-electron chi connectivity index (χ1n) is 7.14. The van der Waals surface area contributed by atoms with Crippen LogP contribution in [0.4, 0.5) is 4.39 Å². The van der Waals surface area contributed by atoms with Crippen molar-refractivity contribution in [2.75, 3.05) is 13.1 Å². The van der Waals surface area contributed by atoms with Gasteiger partial charge in [0.25, 0.3) is 0 Å². The summed E-state index contributed by atoms with van der Waals surface area (Å²) in [6.45, 7) is 3.25. The Labute approximate surface area is 122 Å². The third kappa shape index (κ3) is 3.18. The Hall–Kier alpha value is -0.450. The highest BCUT2D eigenvalue weighted by atomic mass is 79.9. The van der Waals surface area contributed by atoms with Crippen LogP contribution in [0.5, 0.6) is 0 Å². The van der Waals surface area contributed by atoms with Crippen molar-refractivity contribution in [2.24, 2.45) is 0 Å². The van der Waals surface area contributed by atoms with Crippen LogP contribution in [0.3, 0.4) is 0 Å². The summed E-state index contributed by atoms with van der Waals surface area (Å²) >= 11 is 3.49. The van der Waals surface area contributed by atoms with Crippen LogP contribution in [0.2, 0.25) is 0 Å². The van der Waals surface area contributed by atoms with Crippen LogP contribution >= 0.6 is 15.9 Å². The van der Waals surface area contributed by atoms with Crippen LogP contribution in [0, 0.1) is 5.82 Å². The van der Waals surface area contributed by atoms with Crippen LogP contribution < -0.4 is 5.32 Å². The lowest BCUT2D eigenvalue weighted by Crippen LogP contribution is -2.45. The highest BCUT2D eigenvalue weighted by Crippen LogP contribution is 2.27. The van der Waals surface area contributed by atoms with Gasteiger partial charge in [-0.25, -0.2) is 4.39 Å². The molecule has 0 bridgehead atoms. The number of nitrogens with zero attached hydrogens (tertiary/aromatic N) is 1. The van der Waals surface area contributed by atoms with Gasteiger partial charge in [-0.15, -0.1) is 0 Å². The topological polar surface area (TPSA) is 15.3 Å². The lowest BCUT2D eigenvalue weighted by atomic mass is 9.97. The quantitative estimate of drug-likeness (QED) is 0.916. The Morgan fingerprint density at radius 1 is 1.32 bits per heavy atom. The Bertz CT molecular complexity index is 452. The van der Waals surface area contributed by atoms with Crippen molar-refractivity contribution in [1.82, 2.24) is 10.2 Å². The molecular formula is C15H20BrFN2. The smallest absolute Gasteiger partial charge is 0.123 e. The Morgan fingerprint density at radius 2 is 2.21 bits per heavy atom. The summed E-state index contributed by atoms with van der Waals surface area (Å²) in [7, 11) is 0. The monoisotopic (exact) mass is 326 g/mol. The third-order valence-corrected chi connectivity index (χ3v) is 5.18. The number of halogens is 2. The van der Waals surface area contributed by atoms with E-state index in [4.69, 9.17) is 0 Å². The van der Waals surface area contributed by atoms with E-state index in [1.165, 1.54) is 44.8 Å². The molecule has 3 rings (SSSR count). The van der Waals surface area contributed by atoms with Gasteiger partial charge in [-0.05, 0) is 62.5 Å². The first kappa shape index (κ1) is 13.5. The molecule has 0 spiro atoms. The number of rotatable bonds is 3. The number of benzene rings is 1. The van der Waals surface area contributed by atoms with Gasteiger partial charge in [0.15, 0.2) is 0 Å². The molecule has 4 heteroatoms. The van der Waals surface area contributed by atoms with E-state index in [-0.39, 0.29) is 5.82 Å². The normalized spacial score (nSPS) is 27.5. The molecule has 0 aliphatic carbocycles. The zero-order valence-corrected chi connectivity index (χ0v) is 12.6. The lowest BCUT2D eigenvalue weighted by Gasteiger charge is -2.35. The van der Waals surface area contributed by atoms with Crippen molar-refractivity contribution in [1.29, 1.82) is 0 Å². The second kappa shape index (κ2) is 5.90. The summed E-state index contributed by atoms with van der Waals surface area (Å²) in [6, 6.07) is 6.25. The number of hydrogen-bond donors (Lipinski definition) is 1. The van der Waals surface area contributed by atoms with Crippen LogP contribution in [0.25, 0.3) is 0 Å². The first-order chi connectivity index (χ1) is 9.22. The van der Waals surface area contributed by atoms with Gasteiger partial charge in [-0.3, -0.25) is 0 Å². The van der Waals surface area contributed by atoms with Crippen LogP contribution in [0.15, 0.2) is 22.7 Å². The number of piperidine rings is 1. The molecule has 1 aromatic carbocycles. The summed E-state index contributed by atoms with van der Waals surface area (Å²) in [6.07, 6.45) is 5.16. The van der Waals surface area contributed by atoms with E-state index in [0.29, 0.717) is 6.04 Å². The lowest BCUT2D eigenvalue weighted by molar-refractivity contribution is 0.166. The average Bonchev–Trinajstić information content (AvgIpc) is 2.87. The van der Waals surface area contributed by atoms with Crippen molar-refractivity contribution in [2.45, 2.75) is 44.3 Å². The van der Waals surface area contributed by atoms with Gasteiger partial charge in [0, 0.05) is 23.1 Å². The van der Waals surface area contributed by atoms with E-state index in [9.17, 15) is 4.39 Å². The Kier molecular flexibility index (Phi) is 4.20. The summed E-state index contributed by atoms with van der Waals surface area (Å²) in [5, 5.41) is 3.60. The molecule has 1 N–H and O–H groups in total. The standard InChI is InChI=1S/C15H20BrFN2/c16-15-4-3-12(17)8-11(15)10-18-13-5-7-19-6-1-2-14(19)9-13/h3-4,8,13-14,18H,1-2,5-7,9-10H2. The van der Waals surface area contributed by atoms with Gasteiger partial charge in [0.2, 0.25) is 0 Å². The molecule has 2 atom stereocenters. The van der Waals surface area contributed by atoms with Crippen molar-refractivity contribution in [3.8, 4) is 0 Å². The van der Waals surface area contributed by atoms with Crippen LogP contribution in [-0.2, 0) is 6.54 Å². The molecular weight excluding hydrogens is 307 g/mol. The van der Waals surface area contributed by atoms with Crippen molar-refractivity contribution in [3.05, 3.63) is 34.1 Å². The molecule has 0 saturated carbocycles. The fourth-order valence-corrected chi connectivity index (χ4v) is 3.73. The molecule has 2 aliphatic rings. The van der Waals surface area contributed by atoms with E-state index in [2.05, 4.69) is 26.1 Å². The van der Waals surface area contributed by atoms with E-state index in [1.54, 1.807) is 12.1 Å². The van der Waals surface area contributed by atoms with E-state index in [0.717, 1.165) is 22.6 Å². The molecule has 2 unspecified atom stereocenters. The molecule has 2 nitrogen and oxygen atoms in total. The molecule has 2 aliphatic heterocycles. The summed E-state index contributed by atoms with van der Waals surface area (Å²) < 4.78 is 14.2. The highest BCUT2D eigenvalue weighted by molar-refractivity contribution is 9.10. The predicted molar refractivity (Wildman–Crippen MR) is 78.6 cm³/mol. The molecule has 0 amide bonds. The number of nitrogens with one attached hydrogen (secondary N) is 1. The minimum Gasteiger partial charge on any atom is -0.310 e. The molecule has 2 fully saturated rings. The Balaban J connectivity index is 1.56. The minimum absolute atomic E-state index is 0.161. The summed E-state index contributed by atoms with van der Waals surface area (Å²) in [4.78, 5) is 2.62. The van der Waals surface area contributed by atoms with Gasteiger partial charge in [-0.1, -0.05) is 15.9 Å². The maximum atomic E-state index is 13.2. The van der Waals surface area contributed by atoms with Gasteiger partial charge >= 0.3 is 0 Å². The summed E-state index contributed by atoms with van der Waals surface area (Å²) in [5.74, 6) is -0.161. The zero-order valence-electron chi connectivity index (χ0n) is 11.0. The molecule has 0 aromatic heterocycles. The Morgan fingerprint density at radius 3 is 3.11 bits per heavy atom. The maximum Gasteiger partial charge on any atom is 0.123 e. The minimum atomic E-state index is -0.161. The fraction of sp³-hybridized carbons (Fsp3) is 0.600. The molecule has 1 aromatic rings. The van der Waals surface area contributed by atoms with Crippen molar-refractivity contribution >= 4 is 15.9 Å². The fourth-order valence-electron chi connectivity index (χ4n) is 3.34. The van der Waals surface area contributed by atoms with Crippen LogP contribution in [0.1, 0.15) is 31.2 Å². The maximum absolute atomic E-state index is 13.2. The van der Waals surface area contributed by atoms with E-state index < -0.39 is 0 Å². The zero-order chi connectivity index (χ0) is 13.2. The van der Waals surface area contributed by atoms with Crippen LogP contribution in [-0.4, -0.2) is 30.1 Å². The van der Waals surface area contributed by atoms with Gasteiger partial charge in [0.05, 0.1) is 0 Å². The summed E-state index contributed by atoms with van der Waals surface area (Å²) in [5.41, 5.74) is 1.01. The van der Waals surface area contributed by atoms with E-state index in [1.807, 2.05) is 0 Å². The molecule has 19 heavy (non-hydrogen) atoms. The second-order valence-corrected chi connectivity index (χ2v) is 6.52. The van der Waals surface area contributed by atoms with Gasteiger partial charge in [-0.2, -0.15) is 0 Å². The second-order valence-electron chi connectivity index (χ2n) is 5.67. The predicted octanol–water partition coefficient (Wildman–Crippen LogP) is 3.30. The van der Waals surface area contributed by atoms with Gasteiger partial charge < -0.3 is 10.2 Å². The molecule has 104 valence electrons. The largest absolute Gasteiger partial charge is 0.310 e. The number of fused-ring (bicyclic) bond motifs is 1.